The molecule has 1 aliphatic heterocycles. The van der Waals surface area contributed by atoms with E-state index in [9.17, 15) is 13.2 Å². The number of likely N-dealkylation sites (N-methyl/N-ethyl adjacent to an activating group) is 2. The Bertz CT molecular complexity index is 481. The van der Waals surface area contributed by atoms with Gasteiger partial charge in [-0.2, -0.15) is 0 Å². The third kappa shape index (κ3) is 3.13. The fourth-order valence-corrected chi connectivity index (χ4v) is 2.60. The van der Waals surface area contributed by atoms with Crippen LogP contribution >= 0.6 is 0 Å². The van der Waals surface area contributed by atoms with Crippen LogP contribution in [0.25, 0.3) is 0 Å². The molecular formula is C14H20F3N3. The van der Waals surface area contributed by atoms with Crippen molar-refractivity contribution in [3.05, 3.63) is 35.1 Å². The van der Waals surface area contributed by atoms with E-state index in [0.717, 1.165) is 25.7 Å². The number of halogens is 3. The number of benzene rings is 1. The molecule has 2 unspecified atom stereocenters. The van der Waals surface area contributed by atoms with E-state index >= 15 is 0 Å². The summed E-state index contributed by atoms with van der Waals surface area (Å²) in [4.78, 5) is 4.34. The molecule has 2 rings (SSSR count). The maximum atomic E-state index is 13.7. The first-order valence-electron chi connectivity index (χ1n) is 6.68. The second-order valence-electron chi connectivity index (χ2n) is 5.50. The summed E-state index contributed by atoms with van der Waals surface area (Å²) in [7, 11) is 4.01. The second kappa shape index (κ2) is 6.11. The van der Waals surface area contributed by atoms with Crippen LogP contribution in [-0.4, -0.2) is 49.6 Å². The van der Waals surface area contributed by atoms with E-state index in [2.05, 4.69) is 9.80 Å². The fourth-order valence-electron chi connectivity index (χ4n) is 2.60. The predicted molar refractivity (Wildman–Crippen MR) is 71.8 cm³/mol. The molecule has 1 aromatic carbocycles. The minimum Gasteiger partial charge on any atom is -0.324 e. The van der Waals surface area contributed by atoms with E-state index in [-0.39, 0.29) is 11.6 Å². The molecule has 1 fully saturated rings. The number of hydrogen-bond donors (Lipinski definition) is 1. The van der Waals surface area contributed by atoms with Crippen LogP contribution in [0.2, 0.25) is 0 Å². The first kappa shape index (κ1) is 15.3. The molecule has 2 atom stereocenters. The quantitative estimate of drug-likeness (QED) is 0.860. The molecule has 0 aliphatic carbocycles. The molecule has 0 saturated carbocycles. The lowest BCUT2D eigenvalue weighted by Crippen LogP contribution is -2.50. The molecule has 112 valence electrons. The van der Waals surface area contributed by atoms with Crippen LogP contribution in [0.3, 0.4) is 0 Å². The van der Waals surface area contributed by atoms with Crippen molar-refractivity contribution in [2.45, 2.75) is 18.5 Å². The molecule has 0 amide bonds. The van der Waals surface area contributed by atoms with Gasteiger partial charge in [-0.25, -0.2) is 13.2 Å². The predicted octanol–water partition coefficient (Wildman–Crippen LogP) is 1.74. The van der Waals surface area contributed by atoms with E-state index in [1.165, 1.54) is 6.07 Å². The monoisotopic (exact) mass is 287 g/mol. The first-order chi connectivity index (χ1) is 9.40. The van der Waals surface area contributed by atoms with Crippen molar-refractivity contribution < 1.29 is 13.2 Å². The van der Waals surface area contributed by atoms with Gasteiger partial charge in [0.25, 0.3) is 0 Å². The van der Waals surface area contributed by atoms with Crippen LogP contribution in [-0.2, 0) is 0 Å². The van der Waals surface area contributed by atoms with Gasteiger partial charge in [0.1, 0.15) is 0 Å². The fraction of sp³-hybridized carbons (Fsp3) is 0.571. The maximum absolute atomic E-state index is 13.7. The van der Waals surface area contributed by atoms with Crippen molar-refractivity contribution in [3.8, 4) is 0 Å². The van der Waals surface area contributed by atoms with Crippen molar-refractivity contribution in [1.29, 1.82) is 0 Å². The van der Waals surface area contributed by atoms with Crippen molar-refractivity contribution in [3.63, 3.8) is 0 Å². The molecule has 1 heterocycles. The molecular weight excluding hydrogens is 267 g/mol. The highest BCUT2D eigenvalue weighted by Crippen LogP contribution is 2.25. The third-order valence-corrected chi connectivity index (χ3v) is 3.97. The van der Waals surface area contributed by atoms with Crippen LogP contribution < -0.4 is 5.73 Å². The lowest BCUT2D eigenvalue weighted by molar-refractivity contribution is 0.104. The van der Waals surface area contributed by atoms with Gasteiger partial charge in [0.15, 0.2) is 17.5 Å². The van der Waals surface area contributed by atoms with Gasteiger partial charge in [0, 0.05) is 37.3 Å². The molecule has 1 aromatic rings. The van der Waals surface area contributed by atoms with Gasteiger partial charge in [0.2, 0.25) is 0 Å². The van der Waals surface area contributed by atoms with E-state index in [1.807, 2.05) is 14.1 Å². The topological polar surface area (TPSA) is 32.5 Å². The van der Waals surface area contributed by atoms with Gasteiger partial charge in [0.05, 0.1) is 0 Å². The SMILES string of the molecule is CN1CCN(C)C(CC(N)c2ccc(F)c(F)c2F)C1. The van der Waals surface area contributed by atoms with Crippen LogP contribution in [0.5, 0.6) is 0 Å². The Balaban J connectivity index is 2.12. The highest BCUT2D eigenvalue weighted by Gasteiger charge is 2.26. The van der Waals surface area contributed by atoms with E-state index in [0.29, 0.717) is 6.42 Å². The summed E-state index contributed by atoms with van der Waals surface area (Å²) in [6.45, 7) is 2.71. The third-order valence-electron chi connectivity index (χ3n) is 3.97. The lowest BCUT2D eigenvalue weighted by atomic mass is 9.97. The van der Waals surface area contributed by atoms with Gasteiger partial charge in [-0.1, -0.05) is 6.07 Å². The molecule has 0 bridgehead atoms. The molecule has 1 saturated heterocycles. The second-order valence-corrected chi connectivity index (χ2v) is 5.50. The number of nitrogens with two attached hydrogens (primary N) is 1. The van der Waals surface area contributed by atoms with Crippen LogP contribution in [0.15, 0.2) is 12.1 Å². The zero-order valence-electron chi connectivity index (χ0n) is 11.7. The Labute approximate surface area is 117 Å². The van der Waals surface area contributed by atoms with Crippen molar-refractivity contribution in [2.75, 3.05) is 33.7 Å². The molecule has 2 N–H and O–H groups in total. The average Bonchev–Trinajstić information content (AvgIpc) is 2.40. The summed E-state index contributed by atoms with van der Waals surface area (Å²) in [6, 6.07) is 1.68. The largest absolute Gasteiger partial charge is 0.324 e. The molecule has 0 aromatic heterocycles. The van der Waals surface area contributed by atoms with Crippen LogP contribution in [0.4, 0.5) is 13.2 Å². The van der Waals surface area contributed by atoms with Gasteiger partial charge < -0.3 is 15.5 Å². The number of rotatable bonds is 3. The van der Waals surface area contributed by atoms with E-state index in [1.54, 1.807) is 0 Å². The molecule has 0 radical (unpaired) electrons. The Kier molecular flexibility index (Phi) is 4.67. The highest BCUT2D eigenvalue weighted by molar-refractivity contribution is 5.23. The van der Waals surface area contributed by atoms with E-state index in [4.69, 9.17) is 5.73 Å². The van der Waals surface area contributed by atoms with Crippen molar-refractivity contribution in [1.82, 2.24) is 9.80 Å². The van der Waals surface area contributed by atoms with Crippen LogP contribution in [0.1, 0.15) is 18.0 Å². The van der Waals surface area contributed by atoms with Crippen LogP contribution in [0, 0.1) is 17.5 Å². The minimum atomic E-state index is -1.45. The van der Waals surface area contributed by atoms with Crippen molar-refractivity contribution in [2.24, 2.45) is 5.73 Å². The molecule has 3 nitrogen and oxygen atoms in total. The number of nitrogens with zero attached hydrogens (tertiary/aromatic N) is 2. The summed E-state index contributed by atoms with van der Waals surface area (Å²) >= 11 is 0. The standard InChI is InChI=1S/C14H20F3N3/c1-19-5-6-20(2)9(8-19)7-12(18)10-3-4-11(15)14(17)13(10)16/h3-4,9,12H,5-8,18H2,1-2H3. The smallest absolute Gasteiger partial charge is 0.194 e. The molecule has 6 heteroatoms. The van der Waals surface area contributed by atoms with Gasteiger partial charge in [-0.05, 0) is 26.6 Å². The zero-order chi connectivity index (χ0) is 14.9. The van der Waals surface area contributed by atoms with Gasteiger partial charge >= 0.3 is 0 Å². The highest BCUT2D eigenvalue weighted by atomic mass is 19.2. The maximum Gasteiger partial charge on any atom is 0.194 e. The first-order valence-corrected chi connectivity index (χ1v) is 6.68. The summed E-state index contributed by atoms with van der Waals surface area (Å²) in [5, 5.41) is 0. The van der Waals surface area contributed by atoms with Gasteiger partial charge in [-0.15, -0.1) is 0 Å². The lowest BCUT2D eigenvalue weighted by Gasteiger charge is -2.38. The summed E-state index contributed by atoms with van der Waals surface area (Å²) < 4.78 is 39.9. The Morgan fingerprint density at radius 2 is 1.90 bits per heavy atom. The van der Waals surface area contributed by atoms with Gasteiger partial charge in [-0.3, -0.25) is 0 Å². The molecule has 20 heavy (non-hydrogen) atoms. The van der Waals surface area contributed by atoms with Crippen molar-refractivity contribution >= 4 is 0 Å². The Morgan fingerprint density at radius 1 is 1.20 bits per heavy atom. The zero-order valence-corrected chi connectivity index (χ0v) is 11.7. The molecule has 0 spiro atoms. The molecule has 1 aliphatic rings. The average molecular weight is 287 g/mol. The summed E-state index contributed by atoms with van der Waals surface area (Å²) in [6.07, 6.45) is 0.503. The number of hydrogen-bond acceptors (Lipinski definition) is 3. The number of piperazine rings is 1. The summed E-state index contributed by atoms with van der Waals surface area (Å²) in [5.41, 5.74) is 6.01. The minimum absolute atomic E-state index is 0.0329. The van der Waals surface area contributed by atoms with E-state index < -0.39 is 23.5 Å². The normalized spacial score (nSPS) is 23.0. The summed E-state index contributed by atoms with van der Waals surface area (Å²) in [5.74, 6) is -3.82. The Hall–Kier alpha value is -1.11. The Morgan fingerprint density at radius 3 is 2.60 bits per heavy atom.